The maximum absolute atomic E-state index is 13.4. The van der Waals surface area contributed by atoms with Crippen LogP contribution in [0.15, 0.2) is 36.9 Å². The van der Waals surface area contributed by atoms with Gasteiger partial charge in [0.1, 0.15) is 0 Å². The second-order valence-corrected chi connectivity index (χ2v) is 4.95. The Kier molecular flexibility index (Phi) is 2.21. The molecule has 1 aliphatic heterocycles. The number of alkyl halides is 2. The zero-order chi connectivity index (χ0) is 13.8. The third kappa shape index (κ3) is 1.47. The van der Waals surface area contributed by atoms with E-state index < -0.39 is 11.3 Å². The van der Waals surface area contributed by atoms with Gasteiger partial charge in [-0.25, -0.2) is 0 Å². The largest absolute Gasteiger partial charge is 0.295 e. The van der Waals surface area contributed by atoms with Crippen LogP contribution in [0.2, 0.25) is 0 Å². The number of benzene rings is 1. The molecule has 0 bridgehead atoms. The first kappa shape index (κ1) is 12.0. The van der Waals surface area contributed by atoms with Gasteiger partial charge in [0.05, 0.1) is 11.3 Å². The molecule has 3 nitrogen and oxygen atoms in total. The van der Waals surface area contributed by atoms with E-state index in [0.29, 0.717) is 18.1 Å². The van der Waals surface area contributed by atoms with Crippen LogP contribution in [0, 0.1) is 5.92 Å². The van der Waals surface area contributed by atoms with Crippen LogP contribution in [0.4, 0.5) is 8.78 Å². The maximum Gasteiger partial charge on any atom is 0.291 e. The fourth-order valence-electron chi connectivity index (χ4n) is 2.70. The lowest BCUT2D eigenvalue weighted by Crippen LogP contribution is -2.30. The molecule has 1 aromatic rings. The molecule has 1 heterocycles. The number of nitrogens with one attached hydrogen (secondary N) is 1. The van der Waals surface area contributed by atoms with Gasteiger partial charge in [-0.1, -0.05) is 30.8 Å². The Labute approximate surface area is 108 Å². The molecule has 1 saturated heterocycles. The van der Waals surface area contributed by atoms with Gasteiger partial charge in [0.15, 0.2) is 0 Å². The Bertz CT molecular complexity index is 594. The molecule has 1 aliphatic carbocycles. The number of hydrogen-bond acceptors (Lipinski definition) is 2. The Morgan fingerprint density at radius 3 is 2.37 bits per heavy atom. The highest BCUT2D eigenvalue weighted by atomic mass is 19.3. The Hall–Kier alpha value is -2.04. The van der Waals surface area contributed by atoms with E-state index in [2.05, 4.69) is 11.9 Å². The average Bonchev–Trinajstić information content (AvgIpc) is 3.10. The Morgan fingerprint density at radius 1 is 1.32 bits per heavy atom. The van der Waals surface area contributed by atoms with E-state index in [1.165, 1.54) is 24.3 Å². The Morgan fingerprint density at radius 2 is 1.95 bits per heavy atom. The smallest absolute Gasteiger partial charge is 0.291 e. The summed E-state index contributed by atoms with van der Waals surface area (Å²) in [4.78, 5) is 23.2. The van der Waals surface area contributed by atoms with Crippen LogP contribution >= 0.6 is 0 Å². The van der Waals surface area contributed by atoms with E-state index >= 15 is 0 Å². The van der Waals surface area contributed by atoms with Gasteiger partial charge in [-0.2, -0.15) is 8.78 Å². The summed E-state index contributed by atoms with van der Waals surface area (Å²) in [5.74, 6) is -4.03. The third-order valence-electron chi connectivity index (χ3n) is 3.96. The lowest BCUT2D eigenvalue weighted by Gasteiger charge is -2.14. The standard InChI is InChI=1S/C14H11F2NO2/c1-2-14(15,16)9-5-3-8(4-6-9)13-7-10(13)11(18)17-12(13)19/h2-6,10H,1,7H2,(H,17,18,19). The number of carbonyl (C=O) groups is 2. The number of imide groups is 1. The highest BCUT2D eigenvalue weighted by Gasteiger charge is 2.69. The van der Waals surface area contributed by atoms with Crippen molar-refractivity contribution in [3.05, 3.63) is 48.0 Å². The topological polar surface area (TPSA) is 46.2 Å². The van der Waals surface area contributed by atoms with Gasteiger partial charge in [0.25, 0.3) is 5.92 Å². The lowest BCUT2D eigenvalue weighted by atomic mass is 9.92. The maximum atomic E-state index is 13.4. The zero-order valence-corrected chi connectivity index (χ0v) is 9.95. The summed E-state index contributed by atoms with van der Waals surface area (Å²) in [6.07, 6.45) is 1.04. The van der Waals surface area contributed by atoms with Gasteiger partial charge in [0, 0.05) is 5.56 Å². The third-order valence-corrected chi connectivity index (χ3v) is 3.96. The first-order valence-electron chi connectivity index (χ1n) is 5.89. The van der Waals surface area contributed by atoms with Gasteiger partial charge in [-0.05, 0) is 18.1 Å². The van der Waals surface area contributed by atoms with Gasteiger partial charge >= 0.3 is 0 Å². The molecule has 19 heavy (non-hydrogen) atoms. The van der Waals surface area contributed by atoms with E-state index in [-0.39, 0.29) is 23.3 Å². The minimum atomic E-state index is -3.09. The molecule has 0 aromatic heterocycles. The molecule has 5 heteroatoms. The normalized spacial score (nSPS) is 28.8. The number of fused-ring (bicyclic) bond motifs is 1. The van der Waals surface area contributed by atoms with E-state index in [1.54, 1.807) is 0 Å². The number of hydrogen-bond donors (Lipinski definition) is 1. The van der Waals surface area contributed by atoms with E-state index in [1.807, 2.05) is 0 Å². The molecule has 3 rings (SSSR count). The van der Waals surface area contributed by atoms with Crippen LogP contribution in [-0.2, 0) is 20.9 Å². The number of carbonyl (C=O) groups excluding carboxylic acids is 2. The summed E-state index contributed by atoms with van der Waals surface area (Å²) in [6.45, 7) is 3.09. The molecule has 2 amide bonds. The molecule has 2 unspecified atom stereocenters. The summed E-state index contributed by atoms with van der Waals surface area (Å²) in [5, 5.41) is 2.27. The zero-order valence-electron chi connectivity index (χ0n) is 9.95. The van der Waals surface area contributed by atoms with Gasteiger partial charge in [-0.3, -0.25) is 14.9 Å². The summed E-state index contributed by atoms with van der Waals surface area (Å²) >= 11 is 0. The van der Waals surface area contributed by atoms with Crippen LogP contribution in [0.5, 0.6) is 0 Å². The van der Waals surface area contributed by atoms with Crippen molar-refractivity contribution < 1.29 is 18.4 Å². The van der Waals surface area contributed by atoms with Crippen LogP contribution in [-0.4, -0.2) is 11.8 Å². The highest BCUT2D eigenvalue weighted by molar-refractivity contribution is 6.15. The fourth-order valence-corrected chi connectivity index (χ4v) is 2.70. The SMILES string of the molecule is C=CC(F)(F)c1ccc(C23CC2C(=O)NC3=O)cc1. The van der Waals surface area contributed by atoms with Gasteiger partial charge < -0.3 is 0 Å². The van der Waals surface area contributed by atoms with Crippen molar-refractivity contribution in [1.82, 2.24) is 5.32 Å². The van der Waals surface area contributed by atoms with Gasteiger partial charge in [0.2, 0.25) is 11.8 Å². The molecule has 0 spiro atoms. The summed E-state index contributed by atoms with van der Waals surface area (Å²) in [5.41, 5.74) is -0.381. The predicted molar refractivity (Wildman–Crippen MR) is 63.5 cm³/mol. The Balaban J connectivity index is 1.95. The predicted octanol–water partition coefficient (Wildman–Crippen LogP) is 1.88. The number of piperidine rings is 1. The van der Waals surface area contributed by atoms with E-state index in [0.717, 1.165) is 0 Å². The molecular formula is C14H11F2NO2. The molecule has 2 atom stereocenters. The lowest BCUT2D eigenvalue weighted by molar-refractivity contribution is -0.127. The molecular weight excluding hydrogens is 252 g/mol. The van der Waals surface area contributed by atoms with Crippen molar-refractivity contribution in [2.24, 2.45) is 5.92 Å². The fraction of sp³-hybridized carbons (Fsp3) is 0.286. The molecule has 0 radical (unpaired) electrons. The number of amides is 2. The molecule has 2 fully saturated rings. The first-order chi connectivity index (χ1) is 8.91. The summed E-state index contributed by atoms with van der Waals surface area (Å²) in [6, 6.07) is 5.53. The van der Waals surface area contributed by atoms with Crippen LogP contribution < -0.4 is 5.32 Å². The quantitative estimate of drug-likeness (QED) is 0.668. The van der Waals surface area contributed by atoms with Crippen LogP contribution in [0.25, 0.3) is 0 Å². The average molecular weight is 263 g/mol. The van der Waals surface area contributed by atoms with E-state index in [4.69, 9.17) is 0 Å². The van der Waals surface area contributed by atoms with Crippen molar-refractivity contribution in [3.8, 4) is 0 Å². The second kappa shape index (κ2) is 3.50. The van der Waals surface area contributed by atoms with Crippen molar-refractivity contribution in [2.45, 2.75) is 17.8 Å². The number of halogens is 2. The monoisotopic (exact) mass is 263 g/mol. The second-order valence-electron chi connectivity index (χ2n) is 4.95. The molecule has 2 aliphatic rings. The van der Waals surface area contributed by atoms with Crippen LogP contribution in [0.1, 0.15) is 17.5 Å². The minimum Gasteiger partial charge on any atom is -0.295 e. The van der Waals surface area contributed by atoms with Crippen molar-refractivity contribution in [3.63, 3.8) is 0 Å². The molecule has 1 saturated carbocycles. The van der Waals surface area contributed by atoms with Crippen molar-refractivity contribution in [1.29, 1.82) is 0 Å². The number of allylic oxidation sites excluding steroid dienone is 1. The van der Waals surface area contributed by atoms with Crippen molar-refractivity contribution >= 4 is 11.8 Å². The summed E-state index contributed by atoms with van der Waals surface area (Å²) in [7, 11) is 0. The first-order valence-corrected chi connectivity index (χ1v) is 5.89. The molecule has 1 N–H and O–H groups in total. The van der Waals surface area contributed by atoms with Crippen molar-refractivity contribution in [2.75, 3.05) is 0 Å². The highest BCUT2D eigenvalue weighted by Crippen LogP contribution is 2.57. The minimum absolute atomic E-state index is 0.176. The van der Waals surface area contributed by atoms with Gasteiger partial charge in [-0.15, -0.1) is 0 Å². The van der Waals surface area contributed by atoms with Crippen LogP contribution in [0.3, 0.4) is 0 Å². The number of rotatable bonds is 3. The molecule has 1 aromatic carbocycles. The molecule has 98 valence electrons. The van der Waals surface area contributed by atoms with E-state index in [9.17, 15) is 18.4 Å². The summed E-state index contributed by atoms with van der Waals surface area (Å²) < 4.78 is 26.8.